The van der Waals surface area contributed by atoms with Crippen molar-refractivity contribution >= 4 is 17.5 Å². The standard InChI is InChI=1S/C24H22N6O2/c1-31-22-11-10-16(14-20(22)23(25)30-26)21-12-13-27-24(29-21)28-17-6-5-9-19(15-17)32-18-7-3-2-4-8-18/h2-15H,26H2,1H3,(H2,25,30)(H,27,28,29)/p+1. The van der Waals surface area contributed by atoms with Crippen molar-refractivity contribution in [3.63, 3.8) is 0 Å². The molecule has 4 aromatic rings. The first-order chi connectivity index (χ1) is 15.7. The number of amidine groups is 1. The molecule has 160 valence electrons. The van der Waals surface area contributed by atoms with Crippen molar-refractivity contribution in [2.24, 2.45) is 16.7 Å². The molecule has 32 heavy (non-hydrogen) atoms. The first-order valence-electron chi connectivity index (χ1n) is 9.89. The maximum absolute atomic E-state index is 5.91. The quantitative estimate of drug-likeness (QED) is 0.137. The zero-order valence-electron chi connectivity index (χ0n) is 17.5. The van der Waals surface area contributed by atoms with Crippen molar-refractivity contribution < 1.29 is 14.8 Å². The molecule has 0 aliphatic heterocycles. The minimum absolute atomic E-state index is 0.180. The minimum atomic E-state index is 0.180. The molecule has 0 saturated carbocycles. The van der Waals surface area contributed by atoms with Gasteiger partial charge in [-0.1, -0.05) is 24.3 Å². The SMILES string of the molecule is COc1ccc(-c2ccnc([NH2+]c3cccc(Oc4ccccc4)c3)n2)cc1/C(N)=N/N. The van der Waals surface area contributed by atoms with Gasteiger partial charge >= 0.3 is 5.95 Å². The van der Waals surface area contributed by atoms with E-state index in [1.54, 1.807) is 19.4 Å². The number of ether oxygens (including phenoxy) is 2. The van der Waals surface area contributed by atoms with Crippen molar-refractivity contribution in [3.05, 3.63) is 90.6 Å². The molecule has 1 aromatic heterocycles. The summed E-state index contributed by atoms with van der Waals surface area (Å²) in [5.74, 6) is 8.19. The molecule has 0 aliphatic rings. The number of para-hydroxylation sites is 1. The topological polar surface area (TPSA) is 125 Å². The Kier molecular flexibility index (Phi) is 6.24. The summed E-state index contributed by atoms with van der Waals surface area (Å²) in [4.78, 5) is 9.05. The van der Waals surface area contributed by atoms with Gasteiger partial charge in [-0.15, -0.1) is 0 Å². The highest BCUT2D eigenvalue weighted by atomic mass is 16.5. The molecule has 0 unspecified atom stereocenters. The molecule has 8 heteroatoms. The molecule has 0 atom stereocenters. The number of hydrogen-bond donors (Lipinski definition) is 3. The molecule has 1 heterocycles. The van der Waals surface area contributed by atoms with Gasteiger partial charge in [0.05, 0.1) is 18.4 Å². The highest BCUT2D eigenvalue weighted by Crippen LogP contribution is 2.26. The van der Waals surface area contributed by atoms with Gasteiger partial charge in [-0.25, -0.2) is 5.32 Å². The Morgan fingerprint density at radius 2 is 1.75 bits per heavy atom. The molecule has 0 amide bonds. The van der Waals surface area contributed by atoms with Crippen molar-refractivity contribution in [2.45, 2.75) is 0 Å². The lowest BCUT2D eigenvalue weighted by molar-refractivity contribution is -0.487. The van der Waals surface area contributed by atoms with Crippen LogP contribution in [-0.4, -0.2) is 22.9 Å². The second-order valence-electron chi connectivity index (χ2n) is 6.86. The van der Waals surface area contributed by atoms with Crippen molar-refractivity contribution in [2.75, 3.05) is 7.11 Å². The molecule has 0 radical (unpaired) electrons. The highest BCUT2D eigenvalue weighted by molar-refractivity contribution is 6.00. The summed E-state index contributed by atoms with van der Waals surface area (Å²) in [5.41, 5.74) is 9.01. The second-order valence-corrected chi connectivity index (χ2v) is 6.86. The maximum Gasteiger partial charge on any atom is 0.331 e. The van der Waals surface area contributed by atoms with Crippen LogP contribution in [0, 0.1) is 0 Å². The van der Waals surface area contributed by atoms with Crippen LogP contribution in [0.15, 0.2) is 90.2 Å². The van der Waals surface area contributed by atoms with Crippen LogP contribution in [-0.2, 0) is 0 Å². The van der Waals surface area contributed by atoms with Gasteiger partial charge in [0.15, 0.2) is 5.84 Å². The van der Waals surface area contributed by atoms with Crippen LogP contribution in [0.4, 0.5) is 11.6 Å². The number of nitrogens with two attached hydrogens (primary N) is 3. The van der Waals surface area contributed by atoms with Crippen LogP contribution < -0.4 is 26.4 Å². The number of methoxy groups -OCH3 is 1. The van der Waals surface area contributed by atoms with Crippen LogP contribution in [0.1, 0.15) is 5.56 Å². The average molecular weight is 427 g/mol. The number of aromatic nitrogens is 2. The van der Waals surface area contributed by atoms with E-state index in [0.717, 1.165) is 28.4 Å². The number of rotatable bonds is 7. The maximum atomic E-state index is 5.91. The first kappa shape index (κ1) is 20.8. The number of hydrogen-bond acceptors (Lipinski definition) is 6. The average Bonchev–Trinajstić information content (AvgIpc) is 2.84. The van der Waals surface area contributed by atoms with Crippen LogP contribution in [0.3, 0.4) is 0 Å². The molecule has 0 bridgehead atoms. The molecule has 0 fully saturated rings. The third kappa shape index (κ3) is 4.82. The zero-order valence-corrected chi connectivity index (χ0v) is 17.5. The number of quaternary nitrogens is 1. The smallest absolute Gasteiger partial charge is 0.331 e. The Hall–Kier alpha value is -4.43. The van der Waals surface area contributed by atoms with E-state index >= 15 is 0 Å². The third-order valence-electron chi connectivity index (χ3n) is 4.72. The predicted octanol–water partition coefficient (Wildman–Crippen LogP) is 3.05. The summed E-state index contributed by atoms with van der Waals surface area (Å²) in [6.07, 6.45) is 1.71. The second kappa shape index (κ2) is 9.59. The lowest BCUT2D eigenvalue weighted by Gasteiger charge is -2.10. The molecular formula is C24H23N6O2+. The van der Waals surface area contributed by atoms with E-state index in [1.165, 1.54) is 0 Å². The van der Waals surface area contributed by atoms with Gasteiger partial charge in [0.1, 0.15) is 22.9 Å². The molecule has 0 saturated heterocycles. The van der Waals surface area contributed by atoms with E-state index in [9.17, 15) is 0 Å². The molecule has 3 aromatic carbocycles. The largest absolute Gasteiger partial charge is 0.496 e. The Morgan fingerprint density at radius 3 is 2.53 bits per heavy atom. The fraction of sp³-hybridized carbons (Fsp3) is 0.0417. The fourth-order valence-corrected chi connectivity index (χ4v) is 3.18. The van der Waals surface area contributed by atoms with Crippen molar-refractivity contribution in [3.8, 4) is 28.5 Å². The number of nitrogens with zero attached hydrogens (tertiary/aromatic N) is 3. The van der Waals surface area contributed by atoms with E-state index in [2.05, 4.69) is 15.1 Å². The summed E-state index contributed by atoms with van der Waals surface area (Å²) in [6, 6.07) is 24.7. The Balaban J connectivity index is 1.57. The molecule has 0 aliphatic carbocycles. The van der Waals surface area contributed by atoms with Gasteiger partial charge in [-0.05, 0) is 48.5 Å². The van der Waals surface area contributed by atoms with E-state index < -0.39 is 0 Å². The third-order valence-corrected chi connectivity index (χ3v) is 4.72. The van der Waals surface area contributed by atoms with Gasteiger partial charge in [-0.2, -0.15) is 15.1 Å². The number of hydrazone groups is 1. The van der Waals surface area contributed by atoms with E-state index in [0.29, 0.717) is 17.3 Å². The van der Waals surface area contributed by atoms with Gasteiger partial charge in [0.2, 0.25) is 0 Å². The van der Waals surface area contributed by atoms with Gasteiger partial charge in [-0.3, -0.25) is 0 Å². The summed E-state index contributed by atoms with van der Waals surface area (Å²) in [5, 5.41) is 5.47. The molecule has 8 nitrogen and oxygen atoms in total. The predicted molar refractivity (Wildman–Crippen MR) is 123 cm³/mol. The Labute approximate surface area is 185 Å². The Bertz CT molecular complexity index is 1240. The summed E-state index contributed by atoms with van der Waals surface area (Å²) in [7, 11) is 1.57. The van der Waals surface area contributed by atoms with Crippen molar-refractivity contribution in [1.29, 1.82) is 0 Å². The monoisotopic (exact) mass is 427 g/mol. The van der Waals surface area contributed by atoms with E-state index in [1.807, 2.05) is 78.1 Å². The molecular weight excluding hydrogens is 404 g/mol. The van der Waals surface area contributed by atoms with Gasteiger partial charge < -0.3 is 21.1 Å². The van der Waals surface area contributed by atoms with E-state index in [4.69, 9.17) is 21.1 Å². The zero-order chi connectivity index (χ0) is 22.3. The lowest BCUT2D eigenvalue weighted by atomic mass is 10.1. The summed E-state index contributed by atoms with van der Waals surface area (Å²) < 4.78 is 11.3. The van der Waals surface area contributed by atoms with Gasteiger partial charge in [0, 0.05) is 17.8 Å². The lowest BCUT2D eigenvalue weighted by Crippen LogP contribution is -2.72. The number of benzene rings is 3. The van der Waals surface area contributed by atoms with Crippen LogP contribution in [0.25, 0.3) is 11.3 Å². The molecule has 6 N–H and O–H groups in total. The molecule has 4 rings (SSSR count). The van der Waals surface area contributed by atoms with Crippen molar-refractivity contribution in [1.82, 2.24) is 9.97 Å². The first-order valence-corrected chi connectivity index (χ1v) is 9.89. The molecule has 0 spiro atoms. The summed E-state index contributed by atoms with van der Waals surface area (Å²) in [6.45, 7) is 0. The summed E-state index contributed by atoms with van der Waals surface area (Å²) >= 11 is 0. The van der Waals surface area contributed by atoms with Crippen LogP contribution in [0.5, 0.6) is 17.2 Å². The highest BCUT2D eigenvalue weighted by Gasteiger charge is 2.12. The normalized spacial score (nSPS) is 11.2. The minimum Gasteiger partial charge on any atom is -0.496 e. The Morgan fingerprint density at radius 1 is 0.938 bits per heavy atom. The fourth-order valence-electron chi connectivity index (χ4n) is 3.18. The van der Waals surface area contributed by atoms with Gasteiger partial charge in [0.25, 0.3) is 0 Å². The van der Waals surface area contributed by atoms with Crippen LogP contribution in [0.2, 0.25) is 0 Å². The van der Waals surface area contributed by atoms with Crippen LogP contribution >= 0.6 is 0 Å². The van der Waals surface area contributed by atoms with E-state index in [-0.39, 0.29) is 5.84 Å².